The number of amidine groups is 1. The van der Waals surface area contributed by atoms with E-state index in [9.17, 15) is 0 Å². The largest absolute Gasteiger partial charge is 0.348 e. The molecular weight excluding hydrogens is 172 g/mol. The minimum atomic E-state index is 0.164. The van der Waals surface area contributed by atoms with Gasteiger partial charge in [0.2, 0.25) is 0 Å². The van der Waals surface area contributed by atoms with E-state index in [0.29, 0.717) is 0 Å². The molecule has 0 unspecified atom stereocenters. The van der Waals surface area contributed by atoms with Gasteiger partial charge in [-0.15, -0.1) is 0 Å². The fourth-order valence-electron chi connectivity index (χ4n) is 1.21. The van der Waals surface area contributed by atoms with Gasteiger partial charge in [0, 0.05) is 17.7 Å². The summed E-state index contributed by atoms with van der Waals surface area (Å²) in [6.45, 7) is 13.7. The highest BCUT2D eigenvalue weighted by Gasteiger charge is 2.16. The van der Waals surface area contributed by atoms with Gasteiger partial charge < -0.3 is 5.32 Å². The van der Waals surface area contributed by atoms with Crippen LogP contribution >= 0.6 is 0 Å². The molecule has 0 aromatic rings. The van der Waals surface area contributed by atoms with Gasteiger partial charge in [0.15, 0.2) is 0 Å². The molecule has 0 spiro atoms. The van der Waals surface area contributed by atoms with Gasteiger partial charge in [-0.1, -0.05) is 33.8 Å². The smallest absolute Gasteiger partial charge is 0.0973 e. The normalized spacial score (nSPS) is 14.4. The van der Waals surface area contributed by atoms with Crippen LogP contribution in [0.15, 0.2) is 16.8 Å². The summed E-state index contributed by atoms with van der Waals surface area (Å²) < 4.78 is 0. The predicted octanol–water partition coefficient (Wildman–Crippen LogP) is 3.35. The Hall–Kier alpha value is -0.790. The average molecular weight is 196 g/mol. The van der Waals surface area contributed by atoms with Gasteiger partial charge in [0.1, 0.15) is 0 Å². The summed E-state index contributed by atoms with van der Waals surface area (Å²) in [5, 5.41) is 3.35. The van der Waals surface area contributed by atoms with Crippen molar-refractivity contribution >= 4 is 5.84 Å². The summed E-state index contributed by atoms with van der Waals surface area (Å²) in [6, 6.07) is 0. The molecule has 0 bridgehead atoms. The molecule has 14 heavy (non-hydrogen) atoms. The van der Waals surface area contributed by atoms with Crippen molar-refractivity contribution in [2.75, 3.05) is 6.54 Å². The molecule has 0 aliphatic rings. The van der Waals surface area contributed by atoms with Crippen molar-refractivity contribution in [1.82, 2.24) is 5.32 Å². The molecule has 0 aromatic carbocycles. The van der Waals surface area contributed by atoms with Crippen LogP contribution in [0.1, 0.15) is 48.0 Å². The summed E-state index contributed by atoms with van der Waals surface area (Å²) >= 11 is 0. The molecule has 0 aromatic heterocycles. The Morgan fingerprint density at radius 1 is 1.36 bits per heavy atom. The van der Waals surface area contributed by atoms with Gasteiger partial charge in [-0.05, 0) is 20.3 Å². The van der Waals surface area contributed by atoms with Crippen LogP contribution in [0.25, 0.3) is 0 Å². The SMILES string of the molecule is C/C=C(\NC(C)=NCCC)C(C)(C)C. The Morgan fingerprint density at radius 3 is 2.29 bits per heavy atom. The molecule has 0 saturated carbocycles. The van der Waals surface area contributed by atoms with E-state index in [0.717, 1.165) is 18.8 Å². The number of hydrogen-bond donors (Lipinski definition) is 1. The van der Waals surface area contributed by atoms with Crippen LogP contribution in [-0.4, -0.2) is 12.4 Å². The molecule has 0 heterocycles. The van der Waals surface area contributed by atoms with Crippen LogP contribution in [-0.2, 0) is 0 Å². The van der Waals surface area contributed by atoms with Crippen LogP contribution < -0.4 is 5.32 Å². The second kappa shape index (κ2) is 5.84. The summed E-state index contributed by atoms with van der Waals surface area (Å²) in [7, 11) is 0. The third-order valence-corrected chi connectivity index (χ3v) is 1.98. The molecule has 0 fully saturated rings. The van der Waals surface area contributed by atoms with Crippen molar-refractivity contribution < 1.29 is 0 Å². The van der Waals surface area contributed by atoms with Gasteiger partial charge >= 0.3 is 0 Å². The summed E-state index contributed by atoms with van der Waals surface area (Å²) in [4.78, 5) is 4.41. The van der Waals surface area contributed by atoms with E-state index in [2.05, 4.69) is 51.0 Å². The van der Waals surface area contributed by atoms with Crippen molar-refractivity contribution in [3.8, 4) is 0 Å². The number of rotatable bonds is 3. The predicted molar refractivity (Wildman–Crippen MR) is 64.6 cm³/mol. The maximum Gasteiger partial charge on any atom is 0.0973 e. The van der Waals surface area contributed by atoms with E-state index in [1.807, 2.05) is 6.92 Å². The lowest BCUT2D eigenvalue weighted by molar-refractivity contribution is 0.482. The van der Waals surface area contributed by atoms with Gasteiger partial charge in [-0.3, -0.25) is 4.99 Å². The Labute approximate surface area is 88.5 Å². The van der Waals surface area contributed by atoms with Gasteiger partial charge in [-0.2, -0.15) is 0 Å². The van der Waals surface area contributed by atoms with Gasteiger partial charge in [0.25, 0.3) is 0 Å². The molecular formula is C12H24N2. The first-order chi connectivity index (χ1) is 6.41. The monoisotopic (exact) mass is 196 g/mol. The van der Waals surface area contributed by atoms with Crippen molar-refractivity contribution in [2.45, 2.75) is 48.0 Å². The lowest BCUT2D eigenvalue weighted by Crippen LogP contribution is -2.28. The Balaban J connectivity index is 4.35. The van der Waals surface area contributed by atoms with Gasteiger partial charge in [-0.25, -0.2) is 0 Å². The van der Waals surface area contributed by atoms with Crippen molar-refractivity contribution in [3.05, 3.63) is 11.8 Å². The molecule has 82 valence electrons. The third-order valence-electron chi connectivity index (χ3n) is 1.98. The topological polar surface area (TPSA) is 24.4 Å². The first kappa shape index (κ1) is 13.2. The summed E-state index contributed by atoms with van der Waals surface area (Å²) in [6.07, 6.45) is 3.21. The van der Waals surface area contributed by atoms with E-state index >= 15 is 0 Å². The highest BCUT2D eigenvalue weighted by Crippen LogP contribution is 2.22. The second-order valence-corrected chi connectivity index (χ2v) is 4.54. The van der Waals surface area contributed by atoms with E-state index < -0.39 is 0 Å². The van der Waals surface area contributed by atoms with Crippen LogP contribution in [0.2, 0.25) is 0 Å². The van der Waals surface area contributed by atoms with E-state index in [-0.39, 0.29) is 5.41 Å². The highest BCUT2D eigenvalue weighted by atomic mass is 15.0. The lowest BCUT2D eigenvalue weighted by Gasteiger charge is -2.24. The zero-order valence-electron chi connectivity index (χ0n) is 10.4. The van der Waals surface area contributed by atoms with E-state index in [1.54, 1.807) is 0 Å². The highest BCUT2D eigenvalue weighted by molar-refractivity contribution is 5.81. The second-order valence-electron chi connectivity index (χ2n) is 4.54. The van der Waals surface area contributed by atoms with Crippen LogP contribution in [0.3, 0.4) is 0 Å². The molecule has 0 amide bonds. The maximum atomic E-state index is 4.41. The zero-order valence-corrected chi connectivity index (χ0v) is 10.4. The first-order valence-electron chi connectivity index (χ1n) is 5.36. The first-order valence-corrected chi connectivity index (χ1v) is 5.36. The summed E-state index contributed by atoms with van der Waals surface area (Å²) in [5.41, 5.74) is 1.40. The molecule has 0 aliphatic heterocycles. The molecule has 0 rings (SSSR count). The van der Waals surface area contributed by atoms with Crippen molar-refractivity contribution in [2.24, 2.45) is 10.4 Å². The standard InChI is InChI=1S/C12H24N2/c1-7-9-13-10(3)14-11(8-2)12(4,5)6/h8H,7,9H2,1-6H3,(H,13,14)/b11-8-. The lowest BCUT2D eigenvalue weighted by atomic mass is 9.91. The number of allylic oxidation sites excluding steroid dienone is 2. The minimum absolute atomic E-state index is 0.164. The van der Waals surface area contributed by atoms with Crippen LogP contribution in [0.4, 0.5) is 0 Å². The molecule has 2 nitrogen and oxygen atoms in total. The minimum Gasteiger partial charge on any atom is -0.348 e. The molecule has 1 N–H and O–H groups in total. The number of nitrogens with zero attached hydrogens (tertiary/aromatic N) is 1. The Kier molecular flexibility index (Phi) is 5.51. The average Bonchev–Trinajstić information content (AvgIpc) is 2.08. The van der Waals surface area contributed by atoms with Crippen LogP contribution in [0.5, 0.6) is 0 Å². The zero-order chi connectivity index (χ0) is 11.2. The van der Waals surface area contributed by atoms with Gasteiger partial charge in [0.05, 0.1) is 5.84 Å². The molecule has 0 aliphatic carbocycles. The molecule has 0 radical (unpaired) electrons. The van der Waals surface area contributed by atoms with Crippen molar-refractivity contribution in [3.63, 3.8) is 0 Å². The summed E-state index contributed by atoms with van der Waals surface area (Å²) in [5.74, 6) is 1.01. The van der Waals surface area contributed by atoms with E-state index in [1.165, 1.54) is 5.70 Å². The molecule has 0 saturated heterocycles. The fourth-order valence-corrected chi connectivity index (χ4v) is 1.21. The molecule has 0 atom stereocenters. The Morgan fingerprint density at radius 2 is 1.93 bits per heavy atom. The van der Waals surface area contributed by atoms with E-state index in [4.69, 9.17) is 0 Å². The number of aliphatic imine (C=N–C) groups is 1. The molecule has 2 heteroatoms. The third kappa shape index (κ3) is 5.05. The van der Waals surface area contributed by atoms with Crippen LogP contribution in [0, 0.1) is 5.41 Å². The number of nitrogens with one attached hydrogen (secondary N) is 1. The quantitative estimate of drug-likeness (QED) is 0.543. The van der Waals surface area contributed by atoms with Crippen molar-refractivity contribution in [1.29, 1.82) is 0 Å². The fraction of sp³-hybridized carbons (Fsp3) is 0.750. The maximum absolute atomic E-state index is 4.41. The number of hydrogen-bond acceptors (Lipinski definition) is 1. The Bertz CT molecular complexity index is 219.